The summed E-state index contributed by atoms with van der Waals surface area (Å²) in [6.45, 7) is 2.04. The van der Waals surface area contributed by atoms with Crippen molar-refractivity contribution in [1.82, 2.24) is 0 Å². The number of carboxylic acids is 2. The Morgan fingerprint density at radius 2 is 1.12 bits per heavy atom. The molecule has 0 aliphatic heterocycles. The zero-order valence-corrected chi connectivity index (χ0v) is 17.6. The lowest BCUT2D eigenvalue weighted by Crippen LogP contribution is -2.04. The lowest BCUT2D eigenvalue weighted by atomic mass is 9.83. The molecule has 32 heavy (non-hydrogen) atoms. The van der Waals surface area contributed by atoms with E-state index in [4.69, 9.17) is 0 Å². The molecule has 0 bridgehead atoms. The molecule has 0 aliphatic carbocycles. The van der Waals surface area contributed by atoms with Gasteiger partial charge in [-0.05, 0) is 57.5 Å². The van der Waals surface area contributed by atoms with Gasteiger partial charge in [0, 0.05) is 0 Å². The molecule has 158 valence electrons. The predicted molar refractivity (Wildman–Crippen MR) is 126 cm³/mol. The van der Waals surface area contributed by atoms with Crippen molar-refractivity contribution in [2.24, 2.45) is 0 Å². The van der Waals surface area contributed by atoms with Gasteiger partial charge in [0.2, 0.25) is 0 Å². The normalized spacial score (nSPS) is 10.7. The van der Waals surface area contributed by atoms with E-state index in [1.54, 1.807) is 48.5 Å². The fraction of sp³-hybridized carbons (Fsp3) is 0.0714. The van der Waals surface area contributed by atoms with Crippen LogP contribution in [0, 0.1) is 0 Å². The van der Waals surface area contributed by atoms with Crippen LogP contribution in [0.3, 0.4) is 0 Å². The molecule has 0 aromatic heterocycles. The first-order valence-electron chi connectivity index (χ1n) is 10.4. The summed E-state index contributed by atoms with van der Waals surface area (Å²) in [6, 6.07) is 27.5. The second kappa shape index (κ2) is 8.90. The highest BCUT2D eigenvalue weighted by molar-refractivity contribution is 6.06. The Kier molecular flexibility index (Phi) is 5.86. The number of aromatic carboxylic acids is 2. The van der Waals surface area contributed by atoms with E-state index in [1.165, 1.54) is 0 Å². The first kappa shape index (κ1) is 21.1. The first-order chi connectivity index (χ1) is 15.5. The number of carboxylic acid groups (broad SMARTS) is 2. The molecule has 4 heteroatoms. The Labute approximate surface area is 186 Å². The molecular weight excluding hydrogens is 400 g/mol. The van der Waals surface area contributed by atoms with Crippen LogP contribution in [0.5, 0.6) is 0 Å². The molecule has 4 aromatic carbocycles. The van der Waals surface area contributed by atoms with Gasteiger partial charge in [-0.25, -0.2) is 9.59 Å². The highest BCUT2D eigenvalue weighted by Gasteiger charge is 2.22. The van der Waals surface area contributed by atoms with Gasteiger partial charge in [-0.15, -0.1) is 0 Å². The zero-order valence-electron chi connectivity index (χ0n) is 17.6. The second-order valence-corrected chi connectivity index (χ2v) is 7.49. The van der Waals surface area contributed by atoms with Gasteiger partial charge in [-0.3, -0.25) is 0 Å². The molecule has 0 fully saturated rings. The summed E-state index contributed by atoms with van der Waals surface area (Å²) in [6.07, 6.45) is 0.753. The van der Waals surface area contributed by atoms with Gasteiger partial charge in [-0.1, -0.05) is 85.8 Å². The molecule has 0 heterocycles. The van der Waals surface area contributed by atoms with Crippen molar-refractivity contribution < 1.29 is 19.8 Å². The Morgan fingerprint density at radius 3 is 1.72 bits per heavy atom. The topological polar surface area (TPSA) is 74.6 Å². The summed E-state index contributed by atoms with van der Waals surface area (Å²) in [5.41, 5.74) is 5.71. The van der Waals surface area contributed by atoms with E-state index in [0.29, 0.717) is 22.3 Å². The molecule has 4 nitrogen and oxygen atoms in total. The van der Waals surface area contributed by atoms with E-state index >= 15 is 0 Å². The average Bonchev–Trinajstić information content (AvgIpc) is 2.83. The van der Waals surface area contributed by atoms with Gasteiger partial charge in [0.05, 0.1) is 11.1 Å². The molecule has 0 aliphatic rings. The average molecular weight is 422 g/mol. The van der Waals surface area contributed by atoms with E-state index in [0.717, 1.165) is 23.1 Å². The van der Waals surface area contributed by atoms with Crippen LogP contribution in [-0.2, 0) is 6.42 Å². The summed E-state index contributed by atoms with van der Waals surface area (Å²) in [4.78, 5) is 24.1. The maximum absolute atomic E-state index is 12.1. The zero-order chi connectivity index (χ0) is 22.7. The van der Waals surface area contributed by atoms with Crippen molar-refractivity contribution in [3.8, 4) is 33.4 Å². The first-order valence-corrected chi connectivity index (χ1v) is 10.4. The van der Waals surface area contributed by atoms with Crippen LogP contribution in [0.15, 0.2) is 91.0 Å². The van der Waals surface area contributed by atoms with E-state index in [1.807, 2.05) is 43.3 Å². The molecule has 0 unspecified atom stereocenters. The minimum absolute atomic E-state index is 0.169. The van der Waals surface area contributed by atoms with Crippen LogP contribution in [0.25, 0.3) is 33.4 Å². The molecule has 0 amide bonds. The Balaban J connectivity index is 2.18. The summed E-state index contributed by atoms with van der Waals surface area (Å²) in [5.74, 6) is -2.06. The third-order valence-electron chi connectivity index (χ3n) is 5.57. The predicted octanol–water partition coefficient (Wildman–Crippen LogP) is 6.65. The number of hydrogen-bond acceptors (Lipinski definition) is 2. The molecule has 0 saturated heterocycles. The van der Waals surface area contributed by atoms with Crippen molar-refractivity contribution in [2.45, 2.75) is 13.3 Å². The highest BCUT2D eigenvalue weighted by atomic mass is 16.4. The fourth-order valence-electron chi connectivity index (χ4n) is 4.05. The van der Waals surface area contributed by atoms with Gasteiger partial charge in [0.25, 0.3) is 0 Å². The van der Waals surface area contributed by atoms with Crippen LogP contribution in [0.2, 0.25) is 0 Å². The largest absolute Gasteiger partial charge is 0.478 e. The summed E-state index contributed by atoms with van der Waals surface area (Å²) < 4.78 is 0. The maximum Gasteiger partial charge on any atom is 0.336 e. The van der Waals surface area contributed by atoms with Crippen molar-refractivity contribution >= 4 is 11.9 Å². The number of benzene rings is 4. The Bertz CT molecular complexity index is 1310. The SMILES string of the molecule is CCc1cc(-c2ccccc2)c(-c2ccccc2C(=O)O)c(-c2ccccc2C(=O)O)c1. The number of carbonyl (C=O) groups is 2. The number of rotatable bonds is 6. The van der Waals surface area contributed by atoms with Crippen LogP contribution in [0.4, 0.5) is 0 Å². The summed E-state index contributed by atoms with van der Waals surface area (Å²) >= 11 is 0. The smallest absolute Gasteiger partial charge is 0.336 e. The minimum Gasteiger partial charge on any atom is -0.478 e. The second-order valence-electron chi connectivity index (χ2n) is 7.49. The van der Waals surface area contributed by atoms with E-state index in [2.05, 4.69) is 6.07 Å². The quantitative estimate of drug-likeness (QED) is 0.365. The molecule has 0 spiro atoms. The Morgan fingerprint density at radius 1 is 0.625 bits per heavy atom. The fourth-order valence-corrected chi connectivity index (χ4v) is 4.05. The molecule has 0 saturated carbocycles. The van der Waals surface area contributed by atoms with Crippen LogP contribution in [-0.4, -0.2) is 22.2 Å². The lowest BCUT2D eigenvalue weighted by Gasteiger charge is -2.20. The Hall–Kier alpha value is -4.18. The maximum atomic E-state index is 12.1. The number of hydrogen-bond donors (Lipinski definition) is 2. The summed E-state index contributed by atoms with van der Waals surface area (Å²) in [5, 5.41) is 19.7. The minimum atomic E-state index is -1.03. The van der Waals surface area contributed by atoms with Gasteiger partial charge >= 0.3 is 11.9 Å². The lowest BCUT2D eigenvalue weighted by molar-refractivity contribution is 0.0686. The standard InChI is InChI=1S/C28H22O4/c1-2-18-16-24(19-10-4-3-5-11-19)26(21-13-7-9-15-23(21)28(31)32)25(17-18)20-12-6-8-14-22(20)27(29)30/h3-17H,2H2,1H3,(H,29,30)(H,31,32). The van der Waals surface area contributed by atoms with E-state index < -0.39 is 11.9 Å². The van der Waals surface area contributed by atoms with E-state index in [-0.39, 0.29) is 11.1 Å². The van der Waals surface area contributed by atoms with Crippen molar-refractivity contribution in [2.75, 3.05) is 0 Å². The van der Waals surface area contributed by atoms with Crippen molar-refractivity contribution in [3.05, 3.63) is 108 Å². The van der Waals surface area contributed by atoms with Gasteiger partial charge in [0.15, 0.2) is 0 Å². The molecule has 4 aromatic rings. The van der Waals surface area contributed by atoms with Gasteiger partial charge in [0.1, 0.15) is 0 Å². The van der Waals surface area contributed by atoms with Crippen LogP contribution in [0.1, 0.15) is 33.2 Å². The van der Waals surface area contributed by atoms with Crippen molar-refractivity contribution in [3.63, 3.8) is 0 Å². The van der Waals surface area contributed by atoms with Crippen LogP contribution < -0.4 is 0 Å². The van der Waals surface area contributed by atoms with Crippen molar-refractivity contribution in [1.29, 1.82) is 0 Å². The van der Waals surface area contributed by atoms with Gasteiger partial charge < -0.3 is 10.2 Å². The third-order valence-corrected chi connectivity index (χ3v) is 5.57. The number of aryl methyl sites for hydroxylation is 1. The monoisotopic (exact) mass is 422 g/mol. The molecule has 0 radical (unpaired) electrons. The highest BCUT2D eigenvalue weighted by Crippen LogP contribution is 2.43. The molecule has 4 rings (SSSR count). The third kappa shape index (κ3) is 3.91. The molecule has 0 atom stereocenters. The van der Waals surface area contributed by atoms with E-state index in [9.17, 15) is 19.8 Å². The summed E-state index contributed by atoms with van der Waals surface area (Å²) in [7, 11) is 0. The van der Waals surface area contributed by atoms with Gasteiger partial charge in [-0.2, -0.15) is 0 Å². The van der Waals surface area contributed by atoms with Crippen LogP contribution >= 0.6 is 0 Å². The molecular formula is C28H22O4. The molecule has 2 N–H and O–H groups in total.